The number of hydrogen-bond donors (Lipinski definition) is 1. The summed E-state index contributed by atoms with van der Waals surface area (Å²) in [6.07, 6.45) is 3.21. The topological polar surface area (TPSA) is 55.8 Å². The van der Waals surface area contributed by atoms with E-state index in [9.17, 15) is 4.79 Å². The van der Waals surface area contributed by atoms with Crippen molar-refractivity contribution in [1.29, 1.82) is 0 Å². The molecule has 1 aliphatic heterocycles. The van der Waals surface area contributed by atoms with Gasteiger partial charge in [0.25, 0.3) is 0 Å². The SMILES string of the molecule is CCC(=CCOCC1CCOC1)C(=O)O. The first-order chi connectivity index (χ1) is 7.24. The maximum Gasteiger partial charge on any atom is 0.331 e. The highest BCUT2D eigenvalue weighted by molar-refractivity contribution is 5.86. The summed E-state index contributed by atoms with van der Waals surface area (Å²) < 4.78 is 10.6. The molecule has 15 heavy (non-hydrogen) atoms. The molecule has 0 amide bonds. The zero-order valence-corrected chi connectivity index (χ0v) is 9.07. The van der Waals surface area contributed by atoms with E-state index in [1.807, 2.05) is 6.92 Å². The Morgan fingerprint density at radius 3 is 3.00 bits per heavy atom. The minimum absolute atomic E-state index is 0.381. The fraction of sp³-hybridized carbons (Fsp3) is 0.727. The first-order valence-electron chi connectivity index (χ1n) is 5.31. The number of carboxylic acid groups (broad SMARTS) is 1. The molecule has 1 aliphatic rings. The fourth-order valence-corrected chi connectivity index (χ4v) is 1.49. The van der Waals surface area contributed by atoms with Crippen molar-refractivity contribution in [3.05, 3.63) is 11.6 Å². The van der Waals surface area contributed by atoms with Crippen LogP contribution in [0.25, 0.3) is 0 Å². The lowest BCUT2D eigenvalue weighted by molar-refractivity contribution is -0.132. The van der Waals surface area contributed by atoms with E-state index in [1.165, 1.54) is 0 Å². The molecule has 86 valence electrons. The molecule has 0 spiro atoms. The van der Waals surface area contributed by atoms with Gasteiger partial charge in [-0.15, -0.1) is 0 Å². The van der Waals surface area contributed by atoms with Crippen LogP contribution in [-0.2, 0) is 14.3 Å². The van der Waals surface area contributed by atoms with Crippen molar-refractivity contribution in [2.24, 2.45) is 5.92 Å². The summed E-state index contributed by atoms with van der Waals surface area (Å²) in [5, 5.41) is 8.74. The normalized spacial score (nSPS) is 21.9. The van der Waals surface area contributed by atoms with E-state index in [0.717, 1.165) is 19.6 Å². The average molecular weight is 214 g/mol. The Morgan fingerprint density at radius 1 is 1.67 bits per heavy atom. The molecule has 0 saturated carbocycles. The third-order valence-electron chi connectivity index (χ3n) is 2.48. The minimum atomic E-state index is -0.856. The first kappa shape index (κ1) is 12.2. The number of rotatable bonds is 6. The molecule has 0 aliphatic carbocycles. The van der Waals surface area contributed by atoms with E-state index in [2.05, 4.69) is 0 Å². The second-order valence-corrected chi connectivity index (χ2v) is 3.66. The van der Waals surface area contributed by atoms with Gasteiger partial charge in [-0.3, -0.25) is 0 Å². The van der Waals surface area contributed by atoms with Crippen LogP contribution in [0.3, 0.4) is 0 Å². The van der Waals surface area contributed by atoms with E-state index >= 15 is 0 Å². The Morgan fingerprint density at radius 2 is 2.47 bits per heavy atom. The largest absolute Gasteiger partial charge is 0.478 e. The predicted molar refractivity (Wildman–Crippen MR) is 55.8 cm³/mol. The molecule has 1 unspecified atom stereocenters. The number of carbonyl (C=O) groups is 1. The summed E-state index contributed by atoms with van der Waals surface area (Å²) in [6.45, 7) is 4.45. The molecule has 0 radical (unpaired) electrons. The quantitative estimate of drug-likeness (QED) is 0.537. The summed E-state index contributed by atoms with van der Waals surface area (Å²) in [5.41, 5.74) is 0.415. The summed E-state index contributed by atoms with van der Waals surface area (Å²) in [6, 6.07) is 0. The van der Waals surface area contributed by atoms with E-state index in [-0.39, 0.29) is 0 Å². The van der Waals surface area contributed by atoms with Crippen molar-refractivity contribution in [2.45, 2.75) is 19.8 Å². The van der Waals surface area contributed by atoms with Crippen LogP contribution in [-0.4, -0.2) is 37.5 Å². The summed E-state index contributed by atoms with van der Waals surface area (Å²) in [7, 11) is 0. The van der Waals surface area contributed by atoms with Crippen LogP contribution in [0.15, 0.2) is 11.6 Å². The van der Waals surface area contributed by atoms with Gasteiger partial charge in [0.2, 0.25) is 0 Å². The molecule has 4 heteroatoms. The Kier molecular flexibility index (Phi) is 5.36. The fourth-order valence-electron chi connectivity index (χ4n) is 1.49. The Hall–Kier alpha value is -0.870. The van der Waals surface area contributed by atoms with Crippen LogP contribution >= 0.6 is 0 Å². The molecule has 1 N–H and O–H groups in total. The van der Waals surface area contributed by atoms with E-state index in [0.29, 0.717) is 31.1 Å². The molecular formula is C11H18O4. The van der Waals surface area contributed by atoms with Crippen LogP contribution in [0.4, 0.5) is 0 Å². The lowest BCUT2D eigenvalue weighted by atomic mass is 10.1. The molecule has 1 heterocycles. The molecule has 4 nitrogen and oxygen atoms in total. The molecule has 0 aromatic heterocycles. The van der Waals surface area contributed by atoms with Gasteiger partial charge in [0.05, 0.1) is 19.8 Å². The van der Waals surface area contributed by atoms with Crippen molar-refractivity contribution in [3.8, 4) is 0 Å². The molecule has 0 aromatic carbocycles. The third kappa shape index (κ3) is 4.44. The summed E-state index contributed by atoms with van der Waals surface area (Å²) in [4.78, 5) is 10.6. The standard InChI is InChI=1S/C11H18O4/c1-2-10(11(12)13)4-6-15-8-9-3-5-14-7-9/h4,9H,2-3,5-8H2,1H3,(H,12,13). The molecule has 0 aromatic rings. The van der Waals surface area contributed by atoms with Gasteiger partial charge >= 0.3 is 5.97 Å². The van der Waals surface area contributed by atoms with Crippen LogP contribution in [0.2, 0.25) is 0 Å². The van der Waals surface area contributed by atoms with Crippen molar-refractivity contribution in [1.82, 2.24) is 0 Å². The molecule has 0 bridgehead atoms. The van der Waals surface area contributed by atoms with E-state index in [4.69, 9.17) is 14.6 Å². The number of hydrogen-bond acceptors (Lipinski definition) is 3. The van der Waals surface area contributed by atoms with Crippen molar-refractivity contribution in [2.75, 3.05) is 26.4 Å². The highest BCUT2D eigenvalue weighted by Gasteiger charge is 2.15. The lowest BCUT2D eigenvalue weighted by Gasteiger charge is -2.06. The molecule has 1 saturated heterocycles. The smallest absolute Gasteiger partial charge is 0.331 e. The van der Waals surface area contributed by atoms with Crippen LogP contribution in [0.1, 0.15) is 19.8 Å². The predicted octanol–water partition coefficient (Wildman–Crippen LogP) is 1.46. The van der Waals surface area contributed by atoms with Gasteiger partial charge in [0.1, 0.15) is 0 Å². The highest BCUT2D eigenvalue weighted by atomic mass is 16.5. The monoisotopic (exact) mass is 214 g/mol. The van der Waals surface area contributed by atoms with Crippen LogP contribution in [0, 0.1) is 5.92 Å². The van der Waals surface area contributed by atoms with Gasteiger partial charge in [-0.2, -0.15) is 0 Å². The van der Waals surface area contributed by atoms with Gasteiger partial charge in [-0.1, -0.05) is 6.92 Å². The van der Waals surface area contributed by atoms with Gasteiger partial charge in [-0.05, 0) is 18.9 Å². The minimum Gasteiger partial charge on any atom is -0.478 e. The first-order valence-corrected chi connectivity index (χ1v) is 5.31. The summed E-state index contributed by atoms with van der Waals surface area (Å²) >= 11 is 0. The number of ether oxygens (including phenoxy) is 2. The summed E-state index contributed by atoms with van der Waals surface area (Å²) in [5.74, 6) is -0.376. The number of aliphatic carboxylic acids is 1. The van der Waals surface area contributed by atoms with Crippen LogP contribution in [0.5, 0.6) is 0 Å². The maximum absolute atomic E-state index is 10.6. The average Bonchev–Trinajstić information content (AvgIpc) is 2.70. The molecule has 1 fully saturated rings. The second-order valence-electron chi connectivity index (χ2n) is 3.66. The van der Waals surface area contributed by atoms with Gasteiger partial charge in [0.15, 0.2) is 0 Å². The maximum atomic E-state index is 10.6. The van der Waals surface area contributed by atoms with Crippen molar-refractivity contribution < 1.29 is 19.4 Å². The zero-order chi connectivity index (χ0) is 11.1. The Labute approximate surface area is 89.9 Å². The van der Waals surface area contributed by atoms with Gasteiger partial charge in [-0.25, -0.2) is 4.79 Å². The zero-order valence-electron chi connectivity index (χ0n) is 9.07. The van der Waals surface area contributed by atoms with Gasteiger partial charge < -0.3 is 14.6 Å². The third-order valence-corrected chi connectivity index (χ3v) is 2.48. The van der Waals surface area contributed by atoms with E-state index < -0.39 is 5.97 Å². The second kappa shape index (κ2) is 6.58. The molecule has 1 atom stereocenters. The van der Waals surface area contributed by atoms with Crippen LogP contribution < -0.4 is 0 Å². The van der Waals surface area contributed by atoms with Gasteiger partial charge in [0, 0.05) is 18.1 Å². The Bertz CT molecular complexity index is 229. The highest BCUT2D eigenvalue weighted by Crippen LogP contribution is 2.12. The van der Waals surface area contributed by atoms with E-state index in [1.54, 1.807) is 6.08 Å². The number of carboxylic acids is 1. The van der Waals surface area contributed by atoms with Crippen molar-refractivity contribution in [3.63, 3.8) is 0 Å². The lowest BCUT2D eigenvalue weighted by Crippen LogP contribution is -2.10. The van der Waals surface area contributed by atoms with Crippen molar-refractivity contribution >= 4 is 5.97 Å². The molecule has 1 rings (SSSR count). The molecular weight excluding hydrogens is 196 g/mol. The Balaban J connectivity index is 2.16.